The predicted molar refractivity (Wildman–Crippen MR) is 75.8 cm³/mol. The highest BCUT2D eigenvalue weighted by atomic mass is 32.2. The number of hydrogen-bond acceptors (Lipinski definition) is 3. The van der Waals surface area contributed by atoms with Crippen LogP contribution in [0.1, 0.15) is 37.7 Å². The number of aliphatic hydroxyl groups is 1. The van der Waals surface area contributed by atoms with Gasteiger partial charge in [0.15, 0.2) is 0 Å². The fourth-order valence-corrected chi connectivity index (χ4v) is 3.80. The van der Waals surface area contributed by atoms with Crippen LogP contribution >= 0.6 is 11.8 Å². The summed E-state index contributed by atoms with van der Waals surface area (Å²) in [6.45, 7) is 0.978. The fourth-order valence-electron chi connectivity index (χ4n) is 2.50. The fraction of sp³-hybridized carbons (Fsp3) is 0.600. The van der Waals surface area contributed by atoms with Crippen LogP contribution in [0, 0.1) is 0 Å². The highest BCUT2D eigenvalue weighted by Crippen LogP contribution is 2.35. The van der Waals surface area contributed by atoms with Gasteiger partial charge < -0.3 is 10.4 Å². The van der Waals surface area contributed by atoms with Crippen LogP contribution in [0.2, 0.25) is 0 Å². The topological polar surface area (TPSA) is 32.3 Å². The second-order valence-corrected chi connectivity index (χ2v) is 6.77. The summed E-state index contributed by atoms with van der Waals surface area (Å²) in [6.07, 6.45) is 5.85. The minimum atomic E-state index is -0.108. The van der Waals surface area contributed by atoms with Crippen LogP contribution in [-0.2, 0) is 6.54 Å². The maximum Gasteiger partial charge on any atom is 0.0662 e. The molecule has 1 aromatic carbocycles. The lowest BCUT2D eigenvalue weighted by molar-refractivity contribution is 0.188. The van der Waals surface area contributed by atoms with Crippen molar-refractivity contribution in [2.45, 2.75) is 60.9 Å². The number of thioether (sulfide) groups is 1. The smallest absolute Gasteiger partial charge is 0.0662 e. The quantitative estimate of drug-likeness (QED) is 0.856. The van der Waals surface area contributed by atoms with E-state index in [1.54, 1.807) is 0 Å². The van der Waals surface area contributed by atoms with Gasteiger partial charge in [-0.2, -0.15) is 0 Å². The zero-order chi connectivity index (χ0) is 12.4. The van der Waals surface area contributed by atoms with Crippen molar-refractivity contribution < 1.29 is 5.11 Å². The van der Waals surface area contributed by atoms with Crippen LogP contribution in [0.15, 0.2) is 29.2 Å². The molecule has 98 valence electrons. The van der Waals surface area contributed by atoms with E-state index in [1.807, 2.05) is 11.8 Å². The van der Waals surface area contributed by atoms with E-state index in [1.165, 1.54) is 29.7 Å². The Morgan fingerprint density at radius 2 is 2.11 bits per heavy atom. The normalized spacial score (nSPS) is 27.6. The van der Waals surface area contributed by atoms with Gasteiger partial charge in [-0.1, -0.05) is 12.1 Å². The van der Waals surface area contributed by atoms with Crippen molar-refractivity contribution in [3.8, 4) is 0 Å². The van der Waals surface area contributed by atoms with Gasteiger partial charge in [0.05, 0.1) is 6.10 Å². The van der Waals surface area contributed by atoms with Crippen molar-refractivity contribution in [1.82, 2.24) is 5.32 Å². The van der Waals surface area contributed by atoms with Gasteiger partial charge in [-0.25, -0.2) is 0 Å². The van der Waals surface area contributed by atoms with E-state index in [2.05, 4.69) is 29.6 Å². The molecule has 2 aliphatic rings. The highest BCUT2D eigenvalue weighted by Gasteiger charge is 2.26. The van der Waals surface area contributed by atoms with E-state index in [4.69, 9.17) is 0 Å². The molecule has 0 aliphatic heterocycles. The van der Waals surface area contributed by atoms with Gasteiger partial charge in [0.2, 0.25) is 0 Å². The van der Waals surface area contributed by atoms with Gasteiger partial charge in [0, 0.05) is 22.7 Å². The van der Waals surface area contributed by atoms with Crippen molar-refractivity contribution in [3.63, 3.8) is 0 Å². The Morgan fingerprint density at radius 1 is 1.22 bits per heavy atom. The van der Waals surface area contributed by atoms with Gasteiger partial charge in [0.25, 0.3) is 0 Å². The summed E-state index contributed by atoms with van der Waals surface area (Å²) in [4.78, 5) is 1.30. The number of nitrogens with one attached hydrogen (secondary N) is 1. The van der Waals surface area contributed by atoms with Gasteiger partial charge in [0.1, 0.15) is 0 Å². The Hall–Kier alpha value is -0.510. The SMILES string of the molecule is OC1CCCC1Sc1cccc(CNC2CC2)c1. The molecule has 2 nitrogen and oxygen atoms in total. The molecule has 0 saturated heterocycles. The summed E-state index contributed by atoms with van der Waals surface area (Å²) in [5.41, 5.74) is 1.36. The minimum Gasteiger partial charge on any atom is -0.392 e. The number of aliphatic hydroxyl groups excluding tert-OH is 1. The van der Waals surface area contributed by atoms with Gasteiger partial charge in [-0.15, -0.1) is 11.8 Å². The number of benzene rings is 1. The molecule has 2 N–H and O–H groups in total. The van der Waals surface area contributed by atoms with E-state index >= 15 is 0 Å². The first-order chi connectivity index (χ1) is 8.81. The third-order valence-corrected chi connectivity index (χ3v) is 5.15. The van der Waals surface area contributed by atoms with Crippen molar-refractivity contribution in [1.29, 1.82) is 0 Å². The monoisotopic (exact) mass is 263 g/mol. The first-order valence-electron chi connectivity index (χ1n) is 6.98. The van der Waals surface area contributed by atoms with Crippen molar-refractivity contribution in [2.24, 2.45) is 0 Å². The average Bonchev–Trinajstić information content (AvgIpc) is 3.13. The van der Waals surface area contributed by atoms with Crippen molar-refractivity contribution >= 4 is 11.8 Å². The van der Waals surface area contributed by atoms with Gasteiger partial charge >= 0.3 is 0 Å². The summed E-state index contributed by atoms with van der Waals surface area (Å²) in [5.74, 6) is 0. The maximum absolute atomic E-state index is 9.87. The van der Waals surface area contributed by atoms with E-state index < -0.39 is 0 Å². The minimum absolute atomic E-state index is 0.108. The van der Waals surface area contributed by atoms with Crippen LogP contribution in [0.5, 0.6) is 0 Å². The average molecular weight is 263 g/mol. The summed E-state index contributed by atoms with van der Waals surface area (Å²) in [5, 5.41) is 13.8. The highest BCUT2D eigenvalue weighted by molar-refractivity contribution is 8.00. The van der Waals surface area contributed by atoms with E-state index in [-0.39, 0.29) is 6.10 Å². The van der Waals surface area contributed by atoms with Crippen LogP contribution in [0.4, 0.5) is 0 Å². The lowest BCUT2D eigenvalue weighted by Crippen LogP contribution is -2.16. The summed E-state index contributed by atoms with van der Waals surface area (Å²) in [6, 6.07) is 9.51. The largest absolute Gasteiger partial charge is 0.392 e. The second kappa shape index (κ2) is 5.64. The molecule has 0 amide bonds. The molecule has 2 unspecified atom stereocenters. The van der Waals surface area contributed by atoms with Crippen LogP contribution < -0.4 is 5.32 Å². The lowest BCUT2D eigenvalue weighted by Gasteiger charge is -2.14. The molecule has 3 rings (SSSR count). The molecule has 0 heterocycles. The standard InChI is InChI=1S/C15H21NOS/c17-14-5-2-6-15(14)18-13-4-1-3-11(9-13)10-16-12-7-8-12/h1,3-4,9,12,14-17H,2,5-8,10H2. The molecule has 0 bridgehead atoms. The summed E-state index contributed by atoms with van der Waals surface area (Å²) in [7, 11) is 0. The molecule has 1 aromatic rings. The van der Waals surface area contributed by atoms with Crippen LogP contribution in [0.25, 0.3) is 0 Å². The van der Waals surface area contributed by atoms with Crippen LogP contribution in [-0.4, -0.2) is 22.5 Å². The van der Waals surface area contributed by atoms with E-state index in [0.717, 1.165) is 25.4 Å². The Balaban J connectivity index is 1.58. The molecular formula is C15H21NOS. The maximum atomic E-state index is 9.87. The summed E-state index contributed by atoms with van der Waals surface area (Å²) < 4.78 is 0. The third kappa shape index (κ3) is 3.28. The predicted octanol–water partition coefficient (Wildman–Crippen LogP) is 2.94. The Labute approximate surface area is 113 Å². The molecule has 18 heavy (non-hydrogen) atoms. The molecule has 2 fully saturated rings. The Morgan fingerprint density at radius 3 is 2.83 bits per heavy atom. The van der Waals surface area contributed by atoms with E-state index in [9.17, 15) is 5.11 Å². The molecule has 0 radical (unpaired) electrons. The molecule has 2 atom stereocenters. The molecule has 2 aliphatic carbocycles. The Bertz CT molecular complexity index is 405. The first kappa shape index (κ1) is 12.5. The molecule has 0 spiro atoms. The molecule has 0 aromatic heterocycles. The van der Waals surface area contributed by atoms with E-state index in [0.29, 0.717) is 5.25 Å². The summed E-state index contributed by atoms with van der Waals surface area (Å²) >= 11 is 1.85. The number of rotatable bonds is 5. The number of hydrogen-bond donors (Lipinski definition) is 2. The van der Waals surface area contributed by atoms with Gasteiger partial charge in [-0.05, 0) is 49.8 Å². The van der Waals surface area contributed by atoms with Crippen molar-refractivity contribution in [2.75, 3.05) is 0 Å². The van der Waals surface area contributed by atoms with Gasteiger partial charge in [-0.3, -0.25) is 0 Å². The second-order valence-electron chi connectivity index (χ2n) is 5.46. The lowest BCUT2D eigenvalue weighted by atomic mass is 10.2. The Kier molecular flexibility index (Phi) is 3.92. The third-order valence-electron chi connectivity index (χ3n) is 3.78. The zero-order valence-corrected chi connectivity index (χ0v) is 11.5. The molecular weight excluding hydrogens is 242 g/mol. The van der Waals surface area contributed by atoms with Crippen LogP contribution in [0.3, 0.4) is 0 Å². The first-order valence-corrected chi connectivity index (χ1v) is 7.86. The van der Waals surface area contributed by atoms with Crippen molar-refractivity contribution in [3.05, 3.63) is 29.8 Å². The molecule has 3 heteroatoms. The zero-order valence-electron chi connectivity index (χ0n) is 10.6. The molecule has 2 saturated carbocycles.